The average Bonchev–Trinajstić information content (AvgIpc) is 1.69. The van der Waals surface area contributed by atoms with Crippen molar-refractivity contribution in [2.75, 3.05) is 13.1 Å². The molecule has 0 N–H and O–H groups in total. The van der Waals surface area contributed by atoms with Gasteiger partial charge in [-0.05, 0) is 0 Å². The Bertz CT molecular complexity index is 80.5. The van der Waals surface area contributed by atoms with Crippen molar-refractivity contribution in [1.82, 2.24) is 4.90 Å². The van der Waals surface area contributed by atoms with Crippen LogP contribution in [0.5, 0.6) is 0 Å². The summed E-state index contributed by atoms with van der Waals surface area (Å²) in [4.78, 5) is 2.19. The van der Waals surface area contributed by atoms with Crippen LogP contribution in [0.1, 0.15) is 13.8 Å². The van der Waals surface area contributed by atoms with E-state index in [0.717, 1.165) is 17.4 Å². The topological polar surface area (TPSA) is 3.24 Å². The van der Waals surface area contributed by atoms with Crippen LogP contribution in [0.15, 0.2) is 0 Å². The van der Waals surface area contributed by atoms with Crippen molar-refractivity contribution in [1.29, 1.82) is 0 Å². The monoisotopic (exact) mass is 196 g/mol. The molecule has 0 aromatic heterocycles. The van der Waals surface area contributed by atoms with Crippen molar-refractivity contribution in [2.45, 2.75) is 13.8 Å². The van der Waals surface area contributed by atoms with Crippen LogP contribution in [0.3, 0.4) is 0 Å². The summed E-state index contributed by atoms with van der Waals surface area (Å²) in [6.07, 6.45) is 0. The molecule has 0 saturated carbocycles. The predicted molar refractivity (Wildman–Crippen MR) is 42.0 cm³/mol. The van der Waals surface area contributed by atoms with Crippen LogP contribution in [0, 0.1) is 0 Å². The molecule has 0 heterocycles. The maximum absolute atomic E-state index is 3.39. The molecule has 0 aliphatic carbocycles. The first kappa shape index (κ1) is 8.65. The fourth-order valence-corrected chi connectivity index (χ4v) is 1.37. The predicted octanol–water partition coefficient (Wildman–Crippen LogP) is 0.727. The minimum absolute atomic E-state index is 1.06. The molecule has 0 aliphatic rings. The van der Waals surface area contributed by atoms with Crippen LogP contribution in [0.4, 0.5) is 0 Å². The van der Waals surface area contributed by atoms with Gasteiger partial charge in [-0.25, -0.2) is 0 Å². The van der Waals surface area contributed by atoms with Crippen molar-refractivity contribution >= 4 is 29.2 Å². The second-order valence-corrected chi connectivity index (χ2v) is 3.57. The van der Waals surface area contributed by atoms with Gasteiger partial charge in [0.2, 0.25) is 0 Å². The standard InChI is InChI=1S/C5H11NPSe/c1-3-6(4-2)5(7)8/h7H,3-4H2,1-2H3. The molecule has 0 amide bonds. The molecular formula is C5H11NPSe. The molecular weight excluding hydrogens is 184 g/mol. The molecule has 1 nitrogen and oxygen atoms in total. The van der Waals surface area contributed by atoms with Gasteiger partial charge in [-0.3, -0.25) is 0 Å². The van der Waals surface area contributed by atoms with Gasteiger partial charge in [-0.2, -0.15) is 0 Å². The number of hydrogen-bond acceptors (Lipinski definition) is 0. The van der Waals surface area contributed by atoms with E-state index in [1.165, 1.54) is 0 Å². The Morgan fingerprint density at radius 2 is 1.88 bits per heavy atom. The van der Waals surface area contributed by atoms with E-state index in [9.17, 15) is 0 Å². The first-order valence-corrected chi connectivity index (χ1v) is 4.08. The van der Waals surface area contributed by atoms with Gasteiger partial charge >= 0.3 is 61.0 Å². The average molecular weight is 195 g/mol. The molecule has 8 heavy (non-hydrogen) atoms. The SMILES string of the molecule is CCN(CC)C(=P)[Se]. The zero-order chi connectivity index (χ0) is 6.57. The van der Waals surface area contributed by atoms with Gasteiger partial charge in [0.05, 0.1) is 0 Å². The van der Waals surface area contributed by atoms with Crippen LogP contribution >= 0.6 is 8.86 Å². The molecule has 0 saturated heterocycles. The van der Waals surface area contributed by atoms with Crippen molar-refractivity contribution in [3.8, 4) is 0 Å². The zero-order valence-electron chi connectivity index (χ0n) is 5.27. The third-order valence-electron chi connectivity index (χ3n) is 1.05. The molecule has 0 aliphatic heterocycles. The molecule has 0 spiro atoms. The van der Waals surface area contributed by atoms with Gasteiger partial charge in [0.15, 0.2) is 0 Å². The molecule has 0 aromatic rings. The van der Waals surface area contributed by atoms with E-state index in [-0.39, 0.29) is 0 Å². The van der Waals surface area contributed by atoms with E-state index in [2.05, 4.69) is 43.6 Å². The van der Waals surface area contributed by atoms with Gasteiger partial charge < -0.3 is 0 Å². The molecule has 0 unspecified atom stereocenters. The summed E-state index contributed by atoms with van der Waals surface area (Å²) < 4.78 is 1.09. The summed E-state index contributed by atoms with van der Waals surface area (Å²) in [7, 11) is 3.39. The van der Waals surface area contributed by atoms with E-state index >= 15 is 0 Å². The fraction of sp³-hybridized carbons (Fsp3) is 0.800. The number of rotatable bonds is 3. The Labute approximate surface area is 61.5 Å². The van der Waals surface area contributed by atoms with Crippen molar-refractivity contribution in [3.05, 3.63) is 0 Å². The Morgan fingerprint density at radius 3 is 1.88 bits per heavy atom. The number of hydrogen-bond donors (Lipinski definition) is 0. The third-order valence-corrected chi connectivity index (χ3v) is 1.91. The van der Waals surface area contributed by atoms with Crippen molar-refractivity contribution in [2.24, 2.45) is 0 Å². The first-order valence-electron chi connectivity index (χ1n) is 2.72. The summed E-state index contributed by atoms with van der Waals surface area (Å²) in [6.45, 7) is 6.37. The number of nitrogens with zero attached hydrogens (tertiary/aromatic N) is 1. The van der Waals surface area contributed by atoms with Crippen LogP contribution < -0.4 is 0 Å². The maximum atomic E-state index is 3.39. The van der Waals surface area contributed by atoms with Gasteiger partial charge in [-0.15, -0.1) is 0 Å². The normalized spacial score (nSPS) is 10.0. The van der Waals surface area contributed by atoms with Crippen molar-refractivity contribution in [3.63, 3.8) is 0 Å². The molecule has 1 radical (unpaired) electrons. The van der Waals surface area contributed by atoms with Crippen LogP contribution in [0.25, 0.3) is 0 Å². The second-order valence-electron chi connectivity index (χ2n) is 1.48. The quantitative estimate of drug-likeness (QED) is 0.474. The molecule has 0 aromatic carbocycles. The Hall–Kier alpha value is 0.649. The minimum atomic E-state index is 1.06. The van der Waals surface area contributed by atoms with Crippen LogP contribution in [-0.4, -0.2) is 38.3 Å². The van der Waals surface area contributed by atoms with Crippen LogP contribution in [-0.2, 0) is 0 Å². The summed E-state index contributed by atoms with van der Waals surface area (Å²) in [6, 6.07) is 0. The molecule has 0 bridgehead atoms. The molecule has 0 fully saturated rings. The first-order chi connectivity index (χ1) is 3.72. The van der Waals surface area contributed by atoms with E-state index < -0.39 is 0 Å². The van der Waals surface area contributed by atoms with Crippen LogP contribution in [0.2, 0.25) is 0 Å². The fourth-order valence-electron chi connectivity index (χ4n) is 0.511. The third kappa shape index (κ3) is 2.84. The van der Waals surface area contributed by atoms with E-state index in [1.807, 2.05) is 0 Å². The molecule has 0 rings (SSSR count). The van der Waals surface area contributed by atoms with E-state index in [1.54, 1.807) is 0 Å². The van der Waals surface area contributed by atoms with Gasteiger partial charge in [0, 0.05) is 0 Å². The summed E-state index contributed by atoms with van der Waals surface area (Å²) >= 11 is 2.90. The van der Waals surface area contributed by atoms with Gasteiger partial charge in [0.25, 0.3) is 0 Å². The summed E-state index contributed by atoms with van der Waals surface area (Å²) in [5.41, 5.74) is 0. The summed E-state index contributed by atoms with van der Waals surface area (Å²) in [5, 5.41) is 0. The summed E-state index contributed by atoms with van der Waals surface area (Å²) in [5.74, 6) is 0. The molecule has 47 valence electrons. The Kier molecular flexibility index (Phi) is 4.89. The van der Waals surface area contributed by atoms with Crippen molar-refractivity contribution < 1.29 is 0 Å². The Morgan fingerprint density at radius 1 is 1.50 bits per heavy atom. The van der Waals surface area contributed by atoms with Gasteiger partial charge in [0.1, 0.15) is 0 Å². The second kappa shape index (κ2) is 4.52. The van der Waals surface area contributed by atoms with Gasteiger partial charge in [-0.1, -0.05) is 0 Å². The zero-order valence-corrected chi connectivity index (χ0v) is 7.98. The molecule has 0 atom stereocenters. The van der Waals surface area contributed by atoms with E-state index in [4.69, 9.17) is 0 Å². The Balaban J connectivity index is 3.52. The van der Waals surface area contributed by atoms with E-state index in [0.29, 0.717) is 0 Å². The molecule has 3 heteroatoms.